The van der Waals surface area contributed by atoms with E-state index in [0.717, 1.165) is 34.5 Å². The van der Waals surface area contributed by atoms with Gasteiger partial charge in [0.1, 0.15) is 0 Å². The average Bonchev–Trinajstić information content (AvgIpc) is 2.46. The van der Waals surface area contributed by atoms with Gasteiger partial charge in [0.2, 0.25) is 0 Å². The highest BCUT2D eigenvalue weighted by atomic mass is 79.9. The number of halogens is 1. The molecule has 2 aromatic rings. The molecular formula is C15H17BrN2O. The molecule has 0 spiro atoms. The summed E-state index contributed by atoms with van der Waals surface area (Å²) >= 11 is 3.57. The third kappa shape index (κ3) is 3.55. The molecule has 1 aromatic carbocycles. The molecular weight excluding hydrogens is 304 g/mol. The number of hydrogen-bond donors (Lipinski definition) is 1. The highest BCUT2D eigenvalue weighted by Gasteiger charge is 2.10. The molecule has 0 aliphatic heterocycles. The zero-order valence-corrected chi connectivity index (χ0v) is 12.5. The second kappa shape index (κ2) is 6.68. The summed E-state index contributed by atoms with van der Waals surface area (Å²) in [6, 6.07) is 11.9. The largest absolute Gasteiger partial charge is 0.392 e. The molecule has 0 radical (unpaired) electrons. The van der Waals surface area contributed by atoms with Gasteiger partial charge in [-0.05, 0) is 52.7 Å². The van der Waals surface area contributed by atoms with Crippen molar-refractivity contribution in [3.63, 3.8) is 0 Å². The minimum Gasteiger partial charge on any atom is -0.392 e. The molecule has 0 atom stereocenters. The lowest BCUT2D eigenvalue weighted by atomic mass is 10.2. The van der Waals surface area contributed by atoms with E-state index in [4.69, 9.17) is 5.11 Å². The Hall–Kier alpha value is -1.39. The Labute approximate surface area is 122 Å². The minimum absolute atomic E-state index is 0.0608. The standard InChI is InChI=1S/C15H17BrN2O/c1-2-18(10-13-5-3-4-8-17-13)15-7-6-12(11-19)9-14(15)16/h3-9,19H,2,10-11H2,1H3. The molecule has 19 heavy (non-hydrogen) atoms. The van der Waals surface area contributed by atoms with Crippen LogP contribution in [0.5, 0.6) is 0 Å². The molecule has 0 bridgehead atoms. The Bertz CT molecular complexity index is 531. The molecule has 0 saturated carbocycles. The van der Waals surface area contributed by atoms with Crippen molar-refractivity contribution in [3.05, 3.63) is 58.3 Å². The van der Waals surface area contributed by atoms with Crippen molar-refractivity contribution in [1.29, 1.82) is 0 Å². The van der Waals surface area contributed by atoms with Gasteiger partial charge in [0.15, 0.2) is 0 Å². The lowest BCUT2D eigenvalue weighted by molar-refractivity contribution is 0.282. The summed E-state index contributed by atoms with van der Waals surface area (Å²) in [5, 5.41) is 9.14. The number of benzene rings is 1. The van der Waals surface area contributed by atoms with Crippen molar-refractivity contribution in [2.75, 3.05) is 11.4 Å². The third-order valence-electron chi connectivity index (χ3n) is 3.00. The molecule has 0 aliphatic carbocycles. The summed E-state index contributed by atoms with van der Waals surface area (Å²) < 4.78 is 0.997. The summed E-state index contributed by atoms with van der Waals surface area (Å²) in [7, 11) is 0. The maximum Gasteiger partial charge on any atom is 0.0682 e. The Kier molecular flexibility index (Phi) is 4.93. The topological polar surface area (TPSA) is 36.4 Å². The van der Waals surface area contributed by atoms with Gasteiger partial charge in [-0.3, -0.25) is 4.98 Å². The summed E-state index contributed by atoms with van der Waals surface area (Å²) in [4.78, 5) is 6.60. The first-order valence-electron chi connectivity index (χ1n) is 6.28. The van der Waals surface area contributed by atoms with E-state index in [1.165, 1.54) is 0 Å². The highest BCUT2D eigenvalue weighted by molar-refractivity contribution is 9.10. The molecule has 2 rings (SSSR count). The number of hydrogen-bond acceptors (Lipinski definition) is 3. The fourth-order valence-corrected chi connectivity index (χ4v) is 2.64. The second-order valence-corrected chi connectivity index (χ2v) is 5.13. The molecule has 0 unspecified atom stereocenters. The van der Waals surface area contributed by atoms with Gasteiger partial charge in [0.05, 0.1) is 24.5 Å². The van der Waals surface area contributed by atoms with Gasteiger partial charge < -0.3 is 10.0 Å². The Morgan fingerprint density at radius 1 is 1.26 bits per heavy atom. The highest BCUT2D eigenvalue weighted by Crippen LogP contribution is 2.28. The number of anilines is 1. The number of aromatic nitrogens is 1. The van der Waals surface area contributed by atoms with Gasteiger partial charge in [-0.1, -0.05) is 12.1 Å². The summed E-state index contributed by atoms with van der Waals surface area (Å²) in [5.74, 6) is 0. The van der Waals surface area contributed by atoms with Gasteiger partial charge >= 0.3 is 0 Å². The van der Waals surface area contributed by atoms with Crippen molar-refractivity contribution in [3.8, 4) is 0 Å². The molecule has 4 heteroatoms. The molecule has 100 valence electrons. The fraction of sp³-hybridized carbons (Fsp3) is 0.267. The number of nitrogens with zero attached hydrogens (tertiary/aromatic N) is 2. The molecule has 0 amide bonds. The smallest absolute Gasteiger partial charge is 0.0682 e. The lowest BCUT2D eigenvalue weighted by Gasteiger charge is -2.24. The zero-order valence-electron chi connectivity index (χ0n) is 10.9. The maximum atomic E-state index is 9.14. The van der Waals surface area contributed by atoms with E-state index in [1.54, 1.807) is 0 Å². The first-order chi connectivity index (χ1) is 9.24. The molecule has 3 nitrogen and oxygen atoms in total. The van der Waals surface area contributed by atoms with Gasteiger partial charge in [-0.15, -0.1) is 0 Å². The quantitative estimate of drug-likeness (QED) is 0.917. The Morgan fingerprint density at radius 3 is 2.68 bits per heavy atom. The Balaban J connectivity index is 2.22. The average molecular weight is 321 g/mol. The second-order valence-electron chi connectivity index (χ2n) is 4.28. The lowest BCUT2D eigenvalue weighted by Crippen LogP contribution is -2.23. The predicted molar refractivity (Wildman–Crippen MR) is 81.0 cm³/mol. The van der Waals surface area contributed by atoms with Crippen LogP contribution in [-0.4, -0.2) is 16.6 Å². The molecule has 0 fully saturated rings. The van der Waals surface area contributed by atoms with Crippen LogP contribution in [0, 0.1) is 0 Å². The number of pyridine rings is 1. The molecule has 0 aliphatic rings. The van der Waals surface area contributed by atoms with Crippen molar-refractivity contribution < 1.29 is 5.11 Å². The monoisotopic (exact) mass is 320 g/mol. The first-order valence-corrected chi connectivity index (χ1v) is 7.08. The van der Waals surface area contributed by atoms with Crippen LogP contribution in [0.1, 0.15) is 18.2 Å². The fourth-order valence-electron chi connectivity index (χ4n) is 1.96. The molecule has 1 aromatic heterocycles. The van der Waals surface area contributed by atoms with E-state index < -0.39 is 0 Å². The van der Waals surface area contributed by atoms with Crippen LogP contribution >= 0.6 is 15.9 Å². The van der Waals surface area contributed by atoms with E-state index in [-0.39, 0.29) is 6.61 Å². The van der Waals surface area contributed by atoms with Gasteiger partial charge in [-0.25, -0.2) is 0 Å². The van der Waals surface area contributed by atoms with Crippen LogP contribution in [-0.2, 0) is 13.2 Å². The van der Waals surface area contributed by atoms with Crippen molar-refractivity contribution in [2.45, 2.75) is 20.1 Å². The van der Waals surface area contributed by atoms with Crippen LogP contribution in [0.25, 0.3) is 0 Å². The van der Waals surface area contributed by atoms with E-state index in [0.29, 0.717) is 0 Å². The number of aliphatic hydroxyl groups is 1. The normalized spacial score (nSPS) is 10.5. The molecule has 0 saturated heterocycles. The van der Waals surface area contributed by atoms with E-state index in [2.05, 4.69) is 32.7 Å². The SMILES string of the molecule is CCN(Cc1ccccn1)c1ccc(CO)cc1Br. The van der Waals surface area contributed by atoms with Crippen LogP contribution in [0.2, 0.25) is 0 Å². The summed E-state index contributed by atoms with van der Waals surface area (Å²) in [6.45, 7) is 3.85. The number of aliphatic hydroxyl groups excluding tert-OH is 1. The Morgan fingerprint density at radius 2 is 2.11 bits per heavy atom. The van der Waals surface area contributed by atoms with E-state index in [9.17, 15) is 0 Å². The van der Waals surface area contributed by atoms with Crippen LogP contribution in [0.3, 0.4) is 0 Å². The van der Waals surface area contributed by atoms with Gasteiger partial charge in [-0.2, -0.15) is 0 Å². The first kappa shape index (κ1) is 14.0. The van der Waals surface area contributed by atoms with Gasteiger partial charge in [0.25, 0.3) is 0 Å². The molecule has 1 heterocycles. The third-order valence-corrected chi connectivity index (χ3v) is 3.63. The number of rotatable bonds is 5. The van der Waals surface area contributed by atoms with Crippen molar-refractivity contribution >= 4 is 21.6 Å². The van der Waals surface area contributed by atoms with Crippen molar-refractivity contribution in [1.82, 2.24) is 4.98 Å². The van der Waals surface area contributed by atoms with E-state index in [1.807, 2.05) is 42.6 Å². The van der Waals surface area contributed by atoms with Gasteiger partial charge in [0, 0.05) is 17.2 Å². The van der Waals surface area contributed by atoms with Crippen LogP contribution in [0.15, 0.2) is 47.1 Å². The van der Waals surface area contributed by atoms with Crippen molar-refractivity contribution in [2.24, 2.45) is 0 Å². The van der Waals surface area contributed by atoms with E-state index >= 15 is 0 Å². The summed E-state index contributed by atoms with van der Waals surface area (Å²) in [5.41, 5.74) is 3.07. The zero-order chi connectivity index (χ0) is 13.7. The minimum atomic E-state index is 0.0608. The predicted octanol–water partition coefficient (Wildman–Crippen LogP) is 3.36. The van der Waals surface area contributed by atoms with Crippen LogP contribution < -0.4 is 4.90 Å². The maximum absolute atomic E-state index is 9.14. The summed E-state index contributed by atoms with van der Waals surface area (Å²) in [6.07, 6.45) is 1.81. The van der Waals surface area contributed by atoms with Crippen LogP contribution in [0.4, 0.5) is 5.69 Å². The molecule has 1 N–H and O–H groups in total.